The molecule has 6 rings (SSSR count). The number of aliphatic hydroxyl groups is 1. The fraction of sp³-hybridized carbons (Fsp3) is 0.333. The number of carbonyl (C=O) groups is 1. The second kappa shape index (κ2) is 11.3. The second-order valence-electron chi connectivity index (χ2n) is 9.99. The van der Waals surface area contributed by atoms with Gasteiger partial charge in [0.05, 0.1) is 24.5 Å². The largest absolute Gasteiger partial charge is 0.489 e. The minimum absolute atomic E-state index is 0.0520. The van der Waals surface area contributed by atoms with E-state index in [4.69, 9.17) is 14.6 Å². The summed E-state index contributed by atoms with van der Waals surface area (Å²) in [6.07, 6.45) is 3.21. The van der Waals surface area contributed by atoms with Gasteiger partial charge in [0.25, 0.3) is 0 Å². The lowest BCUT2D eigenvalue weighted by atomic mass is 10.0. The SMILES string of the molecule is N#Cc1cc(-c2ncnc3[nH]c(-c4ccc(N5CCN(C(=O)CO)CC5)cc4)cc23)ccc1OC1CCOCC1. The van der Waals surface area contributed by atoms with E-state index < -0.39 is 6.61 Å². The topological polar surface area (TPSA) is 128 Å². The van der Waals surface area contributed by atoms with Gasteiger partial charge in [0.15, 0.2) is 0 Å². The van der Waals surface area contributed by atoms with E-state index >= 15 is 0 Å². The van der Waals surface area contributed by atoms with Crippen LogP contribution in [0.2, 0.25) is 0 Å². The van der Waals surface area contributed by atoms with Gasteiger partial charge in [0.1, 0.15) is 36.5 Å². The molecule has 2 aromatic heterocycles. The average molecular weight is 539 g/mol. The van der Waals surface area contributed by atoms with Crippen molar-refractivity contribution < 1.29 is 19.4 Å². The lowest BCUT2D eigenvalue weighted by Crippen LogP contribution is -2.49. The van der Waals surface area contributed by atoms with Gasteiger partial charge in [-0.25, -0.2) is 9.97 Å². The van der Waals surface area contributed by atoms with Crippen LogP contribution in [0.4, 0.5) is 5.69 Å². The van der Waals surface area contributed by atoms with Gasteiger partial charge in [-0.3, -0.25) is 4.79 Å². The highest BCUT2D eigenvalue weighted by Gasteiger charge is 2.21. The summed E-state index contributed by atoms with van der Waals surface area (Å²) in [5.41, 5.74) is 5.78. The number of aliphatic hydroxyl groups excluding tert-OH is 1. The minimum atomic E-state index is -0.443. The summed E-state index contributed by atoms with van der Waals surface area (Å²) in [6, 6.07) is 18.2. The van der Waals surface area contributed by atoms with Crippen LogP contribution in [-0.2, 0) is 9.53 Å². The summed E-state index contributed by atoms with van der Waals surface area (Å²) in [4.78, 5) is 28.1. The molecule has 0 aliphatic carbocycles. The highest BCUT2D eigenvalue weighted by molar-refractivity contribution is 5.94. The Morgan fingerprint density at radius 1 is 1.05 bits per heavy atom. The predicted molar refractivity (Wildman–Crippen MR) is 150 cm³/mol. The lowest BCUT2D eigenvalue weighted by molar-refractivity contribution is -0.134. The first-order valence-corrected chi connectivity index (χ1v) is 13.5. The van der Waals surface area contributed by atoms with Crippen molar-refractivity contribution in [2.75, 3.05) is 50.9 Å². The van der Waals surface area contributed by atoms with Crippen LogP contribution >= 0.6 is 0 Å². The summed E-state index contributed by atoms with van der Waals surface area (Å²) >= 11 is 0. The number of hydrogen-bond acceptors (Lipinski definition) is 8. The van der Waals surface area contributed by atoms with E-state index in [0.29, 0.717) is 37.6 Å². The Hall–Kier alpha value is -4.46. The fourth-order valence-electron chi connectivity index (χ4n) is 5.33. The van der Waals surface area contributed by atoms with Gasteiger partial charge >= 0.3 is 0 Å². The van der Waals surface area contributed by atoms with Crippen LogP contribution in [-0.4, -0.2) is 83.0 Å². The number of hydrogen-bond donors (Lipinski definition) is 2. The van der Waals surface area contributed by atoms with E-state index in [9.17, 15) is 10.1 Å². The molecule has 2 aliphatic rings. The number of amides is 1. The summed E-state index contributed by atoms with van der Waals surface area (Å²) in [7, 11) is 0. The minimum Gasteiger partial charge on any atom is -0.489 e. The highest BCUT2D eigenvalue weighted by atomic mass is 16.5. The maximum Gasteiger partial charge on any atom is 0.248 e. The Kier molecular flexibility index (Phi) is 7.31. The van der Waals surface area contributed by atoms with Crippen LogP contribution in [0.3, 0.4) is 0 Å². The monoisotopic (exact) mass is 538 g/mol. The normalized spacial score (nSPS) is 16.2. The van der Waals surface area contributed by atoms with Crippen LogP contribution in [0.15, 0.2) is 54.9 Å². The first-order valence-electron chi connectivity index (χ1n) is 13.5. The first kappa shape index (κ1) is 25.8. The van der Waals surface area contributed by atoms with E-state index in [1.165, 1.54) is 6.33 Å². The van der Waals surface area contributed by atoms with Gasteiger partial charge < -0.3 is 29.4 Å². The second-order valence-corrected chi connectivity index (χ2v) is 9.99. The molecule has 1 amide bonds. The van der Waals surface area contributed by atoms with E-state index in [2.05, 4.69) is 50.2 Å². The molecule has 2 N–H and O–H groups in total. The number of benzene rings is 2. The molecule has 10 heteroatoms. The van der Waals surface area contributed by atoms with Crippen molar-refractivity contribution in [2.45, 2.75) is 18.9 Å². The molecule has 0 radical (unpaired) electrons. The molecule has 40 heavy (non-hydrogen) atoms. The molecular formula is C30H30N6O4. The zero-order valence-electron chi connectivity index (χ0n) is 22.0. The van der Waals surface area contributed by atoms with Crippen molar-refractivity contribution >= 4 is 22.6 Å². The number of nitrogens with zero attached hydrogens (tertiary/aromatic N) is 5. The van der Waals surface area contributed by atoms with E-state index in [1.807, 2.05) is 24.3 Å². The Balaban J connectivity index is 1.22. The number of H-pyrrole nitrogens is 1. The third kappa shape index (κ3) is 5.21. The standard InChI is InChI=1S/C30H30N6O4/c31-17-22-15-21(3-6-27(22)40-24-7-13-39-14-8-24)29-25-16-26(34-30(25)33-19-32-29)20-1-4-23(5-2-20)35-9-11-36(12-10-35)28(38)18-37/h1-6,15-16,19,24,37H,7-14,18H2,(H,32,33,34). The number of nitriles is 1. The molecule has 10 nitrogen and oxygen atoms in total. The molecule has 0 unspecified atom stereocenters. The lowest BCUT2D eigenvalue weighted by Gasteiger charge is -2.35. The molecule has 0 atom stereocenters. The van der Waals surface area contributed by atoms with Crippen molar-refractivity contribution in [3.8, 4) is 34.3 Å². The zero-order valence-corrected chi connectivity index (χ0v) is 22.0. The molecule has 4 aromatic rings. The number of nitrogens with one attached hydrogen (secondary N) is 1. The van der Waals surface area contributed by atoms with Gasteiger partial charge in [-0.15, -0.1) is 0 Å². The maximum atomic E-state index is 11.7. The molecule has 0 bridgehead atoms. The molecule has 2 aromatic carbocycles. The Morgan fingerprint density at radius 2 is 1.80 bits per heavy atom. The van der Waals surface area contributed by atoms with E-state index in [0.717, 1.165) is 65.2 Å². The Bertz CT molecular complexity index is 1550. The van der Waals surface area contributed by atoms with Gasteiger partial charge in [0, 0.05) is 61.4 Å². The van der Waals surface area contributed by atoms with Crippen molar-refractivity contribution in [1.82, 2.24) is 19.9 Å². The van der Waals surface area contributed by atoms with Gasteiger partial charge in [-0.1, -0.05) is 12.1 Å². The van der Waals surface area contributed by atoms with Crippen molar-refractivity contribution in [1.29, 1.82) is 5.26 Å². The molecule has 2 aliphatic heterocycles. The number of anilines is 1. The van der Waals surface area contributed by atoms with Gasteiger partial charge in [-0.2, -0.15) is 5.26 Å². The first-order chi connectivity index (χ1) is 19.6. The fourth-order valence-corrected chi connectivity index (χ4v) is 5.33. The van der Waals surface area contributed by atoms with Crippen LogP contribution < -0.4 is 9.64 Å². The molecule has 4 heterocycles. The number of aromatic nitrogens is 3. The van der Waals surface area contributed by atoms with Crippen LogP contribution in [0.5, 0.6) is 5.75 Å². The zero-order chi connectivity index (χ0) is 27.5. The molecule has 0 spiro atoms. The van der Waals surface area contributed by atoms with E-state index in [1.54, 1.807) is 4.90 Å². The van der Waals surface area contributed by atoms with Crippen LogP contribution in [0, 0.1) is 11.3 Å². The van der Waals surface area contributed by atoms with Crippen molar-refractivity contribution in [3.05, 3.63) is 60.4 Å². The number of ether oxygens (including phenoxy) is 2. The van der Waals surface area contributed by atoms with Crippen LogP contribution in [0.1, 0.15) is 18.4 Å². The summed E-state index contributed by atoms with van der Waals surface area (Å²) < 4.78 is 11.5. The molecule has 2 saturated heterocycles. The summed E-state index contributed by atoms with van der Waals surface area (Å²) in [5.74, 6) is 0.360. The smallest absolute Gasteiger partial charge is 0.248 e. The van der Waals surface area contributed by atoms with Crippen molar-refractivity contribution in [3.63, 3.8) is 0 Å². The number of piperazine rings is 1. The predicted octanol–water partition coefficient (Wildman–Crippen LogP) is 3.36. The number of fused-ring (bicyclic) bond motifs is 1. The number of carbonyl (C=O) groups excluding carboxylic acids is 1. The highest BCUT2D eigenvalue weighted by Crippen LogP contribution is 2.33. The summed E-state index contributed by atoms with van der Waals surface area (Å²) in [5, 5.41) is 19.8. The number of rotatable bonds is 6. The maximum absolute atomic E-state index is 11.7. The molecular weight excluding hydrogens is 508 g/mol. The average Bonchev–Trinajstić information content (AvgIpc) is 3.46. The summed E-state index contributed by atoms with van der Waals surface area (Å²) in [6.45, 7) is 3.54. The quantitative estimate of drug-likeness (QED) is 0.383. The Labute approximate surface area is 231 Å². The van der Waals surface area contributed by atoms with Crippen LogP contribution in [0.25, 0.3) is 33.5 Å². The molecule has 0 saturated carbocycles. The van der Waals surface area contributed by atoms with Crippen molar-refractivity contribution in [2.24, 2.45) is 0 Å². The van der Waals surface area contributed by atoms with Gasteiger partial charge in [0.2, 0.25) is 5.91 Å². The Morgan fingerprint density at radius 3 is 2.52 bits per heavy atom. The number of aromatic amines is 1. The third-order valence-corrected chi connectivity index (χ3v) is 7.57. The third-order valence-electron chi connectivity index (χ3n) is 7.57. The molecule has 204 valence electrons. The molecule has 2 fully saturated rings. The van der Waals surface area contributed by atoms with E-state index in [-0.39, 0.29) is 12.0 Å². The van der Waals surface area contributed by atoms with Gasteiger partial charge in [-0.05, 0) is 42.0 Å².